The summed E-state index contributed by atoms with van der Waals surface area (Å²) in [5, 5.41) is 0.126. The Bertz CT molecular complexity index is 452. The van der Waals surface area contributed by atoms with Gasteiger partial charge in [0.1, 0.15) is 5.82 Å². The summed E-state index contributed by atoms with van der Waals surface area (Å²) in [5.74, 6) is 0.822. The van der Waals surface area contributed by atoms with Crippen LogP contribution in [-0.4, -0.2) is 18.0 Å². The van der Waals surface area contributed by atoms with Gasteiger partial charge in [-0.25, -0.2) is 13.4 Å². The fraction of sp³-hybridized carbons (Fsp3) is 0.625. The van der Waals surface area contributed by atoms with Crippen molar-refractivity contribution in [1.29, 1.82) is 0 Å². The first-order valence-electron chi connectivity index (χ1n) is 4.51. The van der Waals surface area contributed by atoms with E-state index in [1.165, 1.54) is 6.20 Å². The summed E-state index contributed by atoms with van der Waals surface area (Å²) in [6.07, 6.45) is 4.21. The number of imidazole rings is 1. The summed E-state index contributed by atoms with van der Waals surface area (Å²) >= 11 is 0. The van der Waals surface area contributed by atoms with Gasteiger partial charge < -0.3 is 4.57 Å². The molecule has 4 nitrogen and oxygen atoms in total. The van der Waals surface area contributed by atoms with E-state index in [9.17, 15) is 8.42 Å². The van der Waals surface area contributed by atoms with E-state index in [0.29, 0.717) is 0 Å². The molecule has 1 aromatic heterocycles. The number of aromatic nitrogens is 2. The fourth-order valence-electron chi connectivity index (χ4n) is 1.90. The van der Waals surface area contributed by atoms with Crippen molar-refractivity contribution in [2.24, 2.45) is 0 Å². The smallest absolute Gasteiger partial charge is 0.278 e. The molecule has 78 valence electrons. The molecule has 0 fully saturated rings. The first kappa shape index (κ1) is 9.98. The maximum Gasteiger partial charge on any atom is 0.278 e. The fourth-order valence-corrected chi connectivity index (χ4v) is 2.94. The van der Waals surface area contributed by atoms with E-state index >= 15 is 0 Å². The van der Waals surface area contributed by atoms with Crippen LogP contribution in [-0.2, 0) is 15.5 Å². The Balaban J connectivity index is 2.60. The van der Waals surface area contributed by atoms with Gasteiger partial charge in [-0.2, -0.15) is 0 Å². The third-order valence-electron chi connectivity index (χ3n) is 2.55. The minimum absolute atomic E-state index is 0.126. The molecule has 0 amide bonds. The highest BCUT2D eigenvalue weighted by molar-refractivity contribution is 8.13. The molecule has 1 aliphatic rings. The molecule has 0 saturated heterocycles. The van der Waals surface area contributed by atoms with Gasteiger partial charge in [-0.15, -0.1) is 0 Å². The van der Waals surface area contributed by atoms with Crippen molar-refractivity contribution in [2.75, 3.05) is 0 Å². The van der Waals surface area contributed by atoms with E-state index in [0.717, 1.165) is 25.1 Å². The second-order valence-corrected chi connectivity index (χ2v) is 6.07. The van der Waals surface area contributed by atoms with Crippen LogP contribution >= 0.6 is 10.7 Å². The zero-order chi connectivity index (χ0) is 10.3. The normalized spacial score (nSPS) is 22.0. The maximum absolute atomic E-state index is 11.2. The van der Waals surface area contributed by atoms with Crippen LogP contribution < -0.4 is 0 Å². The van der Waals surface area contributed by atoms with Crippen LogP contribution in [0.1, 0.15) is 31.6 Å². The molecule has 0 aromatic carbocycles. The lowest BCUT2D eigenvalue weighted by molar-refractivity contribution is 0.400. The zero-order valence-electron chi connectivity index (χ0n) is 7.77. The van der Waals surface area contributed by atoms with Crippen molar-refractivity contribution < 1.29 is 8.42 Å². The molecule has 0 N–H and O–H groups in total. The lowest BCUT2D eigenvalue weighted by atomic mass is 10.1. The van der Waals surface area contributed by atoms with Crippen LogP contribution in [0.4, 0.5) is 0 Å². The van der Waals surface area contributed by atoms with E-state index in [1.807, 2.05) is 6.92 Å². The second-order valence-electron chi connectivity index (χ2n) is 3.56. The van der Waals surface area contributed by atoms with Gasteiger partial charge in [0.25, 0.3) is 9.05 Å². The van der Waals surface area contributed by atoms with Crippen molar-refractivity contribution in [3.05, 3.63) is 12.0 Å². The largest absolute Gasteiger partial charge is 0.315 e. The SMILES string of the molecule is C[C@H]1CCCc2ncc(S(=O)(=O)Cl)n21. The molecule has 2 heterocycles. The third-order valence-corrected chi connectivity index (χ3v) is 3.83. The number of rotatable bonds is 1. The van der Waals surface area contributed by atoms with Gasteiger partial charge in [0.15, 0.2) is 5.03 Å². The molecule has 1 aliphatic heterocycles. The predicted molar refractivity (Wildman–Crippen MR) is 52.9 cm³/mol. The van der Waals surface area contributed by atoms with Crippen LogP contribution in [0.25, 0.3) is 0 Å². The van der Waals surface area contributed by atoms with Gasteiger partial charge in [-0.3, -0.25) is 0 Å². The molecule has 2 rings (SSSR count). The lowest BCUT2D eigenvalue weighted by Crippen LogP contribution is -2.18. The van der Waals surface area contributed by atoms with E-state index in [-0.39, 0.29) is 11.1 Å². The standard InChI is InChI=1S/C8H11ClN2O2S/c1-6-3-2-4-7-10-5-8(11(6)7)14(9,12)13/h5-6H,2-4H2,1H3/t6-/m0/s1. The molecule has 14 heavy (non-hydrogen) atoms. The molecule has 0 bridgehead atoms. The summed E-state index contributed by atoms with van der Waals surface area (Å²) < 4.78 is 24.2. The summed E-state index contributed by atoms with van der Waals surface area (Å²) in [4.78, 5) is 4.07. The average molecular weight is 235 g/mol. The van der Waals surface area contributed by atoms with Gasteiger partial charge in [0, 0.05) is 23.1 Å². The van der Waals surface area contributed by atoms with Crippen LogP contribution in [0, 0.1) is 0 Å². The van der Waals surface area contributed by atoms with E-state index in [2.05, 4.69) is 4.98 Å². The van der Waals surface area contributed by atoms with Crippen LogP contribution in [0.3, 0.4) is 0 Å². The Hall–Kier alpha value is -0.550. The first-order valence-corrected chi connectivity index (χ1v) is 6.82. The first-order chi connectivity index (χ1) is 6.50. The molecule has 0 aliphatic carbocycles. The van der Waals surface area contributed by atoms with Crippen LogP contribution in [0.2, 0.25) is 0 Å². The molecule has 0 saturated carbocycles. The molecular weight excluding hydrogens is 224 g/mol. The molecule has 1 atom stereocenters. The van der Waals surface area contributed by atoms with E-state index in [4.69, 9.17) is 10.7 Å². The molecule has 6 heteroatoms. The molecule has 0 spiro atoms. The number of fused-ring (bicyclic) bond motifs is 1. The number of aryl methyl sites for hydroxylation is 1. The van der Waals surface area contributed by atoms with Crippen molar-refractivity contribution in [1.82, 2.24) is 9.55 Å². The van der Waals surface area contributed by atoms with Gasteiger partial charge in [0.05, 0.1) is 6.20 Å². The quantitative estimate of drug-likeness (QED) is 0.695. The van der Waals surface area contributed by atoms with Crippen LogP contribution in [0.15, 0.2) is 11.2 Å². The molecule has 1 aromatic rings. The lowest BCUT2D eigenvalue weighted by Gasteiger charge is -2.22. The Morgan fingerprint density at radius 2 is 2.36 bits per heavy atom. The van der Waals surface area contributed by atoms with Crippen molar-refractivity contribution >= 4 is 19.7 Å². The summed E-state index contributed by atoms with van der Waals surface area (Å²) in [6.45, 7) is 1.98. The molecular formula is C8H11ClN2O2S. The number of halogens is 1. The highest BCUT2D eigenvalue weighted by atomic mass is 35.7. The van der Waals surface area contributed by atoms with Crippen molar-refractivity contribution in [3.8, 4) is 0 Å². The van der Waals surface area contributed by atoms with Gasteiger partial charge in [-0.05, 0) is 19.8 Å². The minimum Gasteiger partial charge on any atom is -0.315 e. The average Bonchev–Trinajstić information content (AvgIpc) is 2.47. The minimum atomic E-state index is -3.66. The molecule has 0 radical (unpaired) electrons. The Morgan fingerprint density at radius 3 is 3.00 bits per heavy atom. The van der Waals surface area contributed by atoms with Gasteiger partial charge in [0.2, 0.25) is 0 Å². The van der Waals surface area contributed by atoms with Crippen molar-refractivity contribution in [3.63, 3.8) is 0 Å². The number of hydrogen-bond donors (Lipinski definition) is 0. The monoisotopic (exact) mass is 234 g/mol. The Labute approximate surface area is 87.3 Å². The third kappa shape index (κ3) is 1.54. The maximum atomic E-state index is 11.2. The predicted octanol–water partition coefficient (Wildman–Crippen LogP) is 1.71. The number of nitrogens with zero attached hydrogens (tertiary/aromatic N) is 2. The van der Waals surface area contributed by atoms with E-state index < -0.39 is 9.05 Å². The Kier molecular flexibility index (Phi) is 2.31. The van der Waals surface area contributed by atoms with Crippen molar-refractivity contribution in [2.45, 2.75) is 37.3 Å². The van der Waals surface area contributed by atoms with Gasteiger partial charge in [-0.1, -0.05) is 0 Å². The summed E-state index contributed by atoms with van der Waals surface area (Å²) in [7, 11) is 1.65. The van der Waals surface area contributed by atoms with Crippen LogP contribution in [0.5, 0.6) is 0 Å². The molecule has 0 unspecified atom stereocenters. The number of hydrogen-bond acceptors (Lipinski definition) is 3. The van der Waals surface area contributed by atoms with Gasteiger partial charge >= 0.3 is 0 Å². The summed E-state index contributed by atoms with van der Waals surface area (Å²) in [5.41, 5.74) is 0. The van der Waals surface area contributed by atoms with E-state index in [1.54, 1.807) is 4.57 Å². The highest BCUT2D eigenvalue weighted by Crippen LogP contribution is 2.29. The second kappa shape index (κ2) is 3.24. The summed E-state index contributed by atoms with van der Waals surface area (Å²) in [6, 6.07) is 0.171. The Morgan fingerprint density at radius 1 is 1.64 bits per heavy atom. The topological polar surface area (TPSA) is 52.0 Å². The zero-order valence-corrected chi connectivity index (χ0v) is 9.35. The highest BCUT2D eigenvalue weighted by Gasteiger charge is 2.25.